The highest BCUT2D eigenvalue weighted by atomic mass is 19.4. The van der Waals surface area contributed by atoms with Crippen LogP contribution in [-0.2, 0) is 0 Å². The van der Waals surface area contributed by atoms with Gasteiger partial charge in [-0.25, -0.2) is 8.78 Å². The van der Waals surface area contributed by atoms with Crippen molar-refractivity contribution >= 4 is 10.8 Å². The van der Waals surface area contributed by atoms with E-state index in [0.29, 0.717) is 0 Å². The molecule has 2 aromatic rings. The van der Waals surface area contributed by atoms with E-state index in [2.05, 4.69) is 48.5 Å². The molecule has 2 aliphatic carbocycles. The van der Waals surface area contributed by atoms with Crippen molar-refractivity contribution in [2.45, 2.75) is 58.7 Å². The normalized spacial score (nSPS) is 34.4. The van der Waals surface area contributed by atoms with Gasteiger partial charge in [-0.1, -0.05) is 48.5 Å². The number of halogens is 18. The number of alkyl halides is 18. The summed E-state index contributed by atoms with van der Waals surface area (Å²) in [6.07, 6.45) is 0. The minimum absolute atomic E-state index is 1.31. The molecular formula is C20H8F18. The van der Waals surface area contributed by atoms with Gasteiger partial charge in [0.1, 0.15) is 0 Å². The summed E-state index contributed by atoms with van der Waals surface area (Å²) in [7, 11) is 0. The zero-order chi connectivity index (χ0) is 29.8. The van der Waals surface area contributed by atoms with Gasteiger partial charge in [0.15, 0.2) is 0 Å². The number of rotatable bonds is 0. The van der Waals surface area contributed by atoms with Crippen molar-refractivity contribution in [3.05, 3.63) is 48.5 Å². The lowest BCUT2D eigenvalue weighted by Crippen LogP contribution is -2.98. The fraction of sp³-hybridized carbons (Fsp3) is 0.500. The highest BCUT2D eigenvalue weighted by molar-refractivity contribution is 5.82. The second kappa shape index (κ2) is 7.55. The summed E-state index contributed by atoms with van der Waals surface area (Å²) in [6, 6.07) is 16.7. The molecule has 0 unspecified atom stereocenters. The lowest BCUT2D eigenvalue weighted by Gasteiger charge is -2.63. The lowest BCUT2D eigenvalue weighted by molar-refractivity contribution is -0.560. The van der Waals surface area contributed by atoms with Crippen molar-refractivity contribution in [3.8, 4) is 0 Å². The van der Waals surface area contributed by atoms with Crippen LogP contribution >= 0.6 is 0 Å². The van der Waals surface area contributed by atoms with E-state index < -0.39 is 58.7 Å². The van der Waals surface area contributed by atoms with Crippen LogP contribution in [0.2, 0.25) is 0 Å². The first kappa shape index (κ1) is 30.0. The molecular weight excluding hydrogens is 582 g/mol. The van der Waals surface area contributed by atoms with Gasteiger partial charge in [-0.05, 0) is 10.8 Å². The van der Waals surface area contributed by atoms with Gasteiger partial charge >= 0.3 is 47.4 Å². The van der Waals surface area contributed by atoms with E-state index in [1.807, 2.05) is 0 Å². The molecule has 2 saturated carbocycles. The number of hydrogen-bond donors (Lipinski definition) is 0. The molecule has 0 nitrogen and oxygen atoms in total. The summed E-state index contributed by atoms with van der Waals surface area (Å²) in [5.41, 5.74) is -17.3. The van der Waals surface area contributed by atoms with E-state index in [1.54, 1.807) is 0 Å². The maximum Gasteiger partial charge on any atom is 0.382 e. The number of fused-ring (bicyclic) bond motifs is 2. The van der Waals surface area contributed by atoms with Crippen molar-refractivity contribution in [1.29, 1.82) is 0 Å². The quantitative estimate of drug-likeness (QED) is 0.271. The fourth-order valence-corrected chi connectivity index (χ4v) is 4.05. The summed E-state index contributed by atoms with van der Waals surface area (Å²) < 4.78 is 241. The Labute approximate surface area is 198 Å². The van der Waals surface area contributed by atoms with Gasteiger partial charge in [0, 0.05) is 0 Å². The first-order valence-corrected chi connectivity index (χ1v) is 9.56. The van der Waals surface area contributed by atoms with Gasteiger partial charge < -0.3 is 0 Å². The Balaban J connectivity index is 0.000000329. The zero-order valence-corrected chi connectivity index (χ0v) is 17.4. The standard InChI is InChI=1S/C10F18.C10H8/c11-1-2(12,5(17,18)9(25,26)7(21,22)3(1,13)14)6(19,20)10(27,28)8(23,24)4(1,15)16;1-2-6-10-8-4-3-7-9(10)5-1/h;1-8H. The van der Waals surface area contributed by atoms with Gasteiger partial charge in [-0.3, -0.25) is 0 Å². The maximum absolute atomic E-state index is 14.2. The van der Waals surface area contributed by atoms with Crippen molar-refractivity contribution < 1.29 is 79.0 Å². The maximum atomic E-state index is 14.2. The average Bonchev–Trinajstić information content (AvgIpc) is 2.81. The minimum atomic E-state index is -8.64. The van der Waals surface area contributed by atoms with Gasteiger partial charge in [-0.2, -0.15) is 70.2 Å². The van der Waals surface area contributed by atoms with E-state index in [4.69, 9.17) is 0 Å². The van der Waals surface area contributed by atoms with Gasteiger partial charge in [0.25, 0.3) is 11.3 Å². The van der Waals surface area contributed by atoms with E-state index >= 15 is 0 Å². The van der Waals surface area contributed by atoms with Crippen LogP contribution in [0.15, 0.2) is 48.5 Å². The van der Waals surface area contributed by atoms with E-state index in [0.717, 1.165) is 0 Å². The third kappa shape index (κ3) is 2.69. The van der Waals surface area contributed by atoms with Crippen LogP contribution in [0, 0.1) is 0 Å². The third-order valence-electron chi connectivity index (χ3n) is 6.23. The molecule has 2 fully saturated rings. The summed E-state index contributed by atoms with van der Waals surface area (Å²) in [6.45, 7) is 0. The first-order valence-electron chi connectivity index (χ1n) is 9.56. The molecule has 0 amide bonds. The molecule has 0 bridgehead atoms. The highest BCUT2D eigenvalue weighted by Gasteiger charge is 3.15. The average molecular weight is 590 g/mol. The molecule has 0 atom stereocenters. The predicted octanol–water partition coefficient (Wildman–Crippen LogP) is 8.35. The number of benzene rings is 2. The van der Waals surface area contributed by atoms with Crippen molar-refractivity contribution in [2.75, 3.05) is 0 Å². The van der Waals surface area contributed by atoms with Crippen LogP contribution in [0.5, 0.6) is 0 Å². The summed E-state index contributed by atoms with van der Waals surface area (Å²) in [5, 5.41) is 2.62. The Bertz CT molecular complexity index is 1050. The molecule has 2 aliphatic rings. The Morgan fingerprint density at radius 2 is 0.421 bits per heavy atom. The third-order valence-corrected chi connectivity index (χ3v) is 6.23. The topological polar surface area (TPSA) is 0 Å². The Kier molecular flexibility index (Phi) is 5.95. The number of hydrogen-bond acceptors (Lipinski definition) is 0. The molecule has 0 aliphatic heterocycles. The molecule has 38 heavy (non-hydrogen) atoms. The summed E-state index contributed by atoms with van der Waals surface area (Å²) >= 11 is 0. The Morgan fingerprint density at radius 1 is 0.263 bits per heavy atom. The van der Waals surface area contributed by atoms with Gasteiger partial charge in [-0.15, -0.1) is 0 Å². The SMILES string of the molecule is FC1(F)C(F)(F)C(F)(F)C2(F)C(F)(F)C(F)(F)C(F)(F)C(F)(F)C2(F)C1(F)F.c1ccc2ccccc2c1. The molecule has 0 heterocycles. The van der Waals surface area contributed by atoms with Crippen LogP contribution in [0.4, 0.5) is 79.0 Å². The molecule has 214 valence electrons. The van der Waals surface area contributed by atoms with Gasteiger partial charge in [0.2, 0.25) is 0 Å². The molecule has 0 N–H and O–H groups in total. The molecule has 4 rings (SSSR count). The van der Waals surface area contributed by atoms with E-state index in [9.17, 15) is 79.0 Å². The summed E-state index contributed by atoms with van der Waals surface area (Å²) in [4.78, 5) is 0. The summed E-state index contributed by atoms with van der Waals surface area (Å²) in [5.74, 6) is -66.8. The zero-order valence-electron chi connectivity index (χ0n) is 17.4. The highest BCUT2D eigenvalue weighted by Crippen LogP contribution is 2.81. The monoisotopic (exact) mass is 590 g/mol. The van der Waals surface area contributed by atoms with E-state index in [-0.39, 0.29) is 0 Å². The largest absolute Gasteiger partial charge is 0.382 e. The van der Waals surface area contributed by atoms with Crippen LogP contribution in [0.3, 0.4) is 0 Å². The van der Waals surface area contributed by atoms with Crippen molar-refractivity contribution in [1.82, 2.24) is 0 Å². The molecule has 18 heteroatoms. The Morgan fingerprint density at radius 3 is 0.579 bits per heavy atom. The second-order valence-corrected chi connectivity index (χ2v) is 8.26. The minimum Gasteiger partial charge on any atom is -0.226 e. The molecule has 0 saturated heterocycles. The van der Waals surface area contributed by atoms with Crippen molar-refractivity contribution in [2.24, 2.45) is 0 Å². The van der Waals surface area contributed by atoms with Gasteiger partial charge in [0.05, 0.1) is 0 Å². The van der Waals surface area contributed by atoms with Crippen LogP contribution in [0.1, 0.15) is 0 Å². The van der Waals surface area contributed by atoms with Crippen LogP contribution in [-0.4, -0.2) is 58.7 Å². The smallest absolute Gasteiger partial charge is 0.226 e. The van der Waals surface area contributed by atoms with Crippen LogP contribution < -0.4 is 0 Å². The predicted molar refractivity (Wildman–Crippen MR) is 91.2 cm³/mol. The Hall–Kier alpha value is -2.56. The molecule has 0 aromatic heterocycles. The molecule has 0 radical (unpaired) electrons. The second-order valence-electron chi connectivity index (χ2n) is 8.26. The molecule has 2 aromatic carbocycles. The van der Waals surface area contributed by atoms with Crippen molar-refractivity contribution in [3.63, 3.8) is 0 Å². The van der Waals surface area contributed by atoms with E-state index in [1.165, 1.54) is 10.8 Å². The van der Waals surface area contributed by atoms with Crippen LogP contribution in [0.25, 0.3) is 10.8 Å². The lowest BCUT2D eigenvalue weighted by atomic mass is 9.54. The fourth-order valence-electron chi connectivity index (χ4n) is 4.05. The first-order chi connectivity index (χ1) is 16.7. The molecule has 0 spiro atoms.